The Hall–Kier alpha value is -0.860. The molecule has 1 aliphatic heterocycles. The lowest BCUT2D eigenvalue weighted by Crippen LogP contribution is -2.30. The molecule has 0 bridgehead atoms. The van der Waals surface area contributed by atoms with Crippen molar-refractivity contribution in [3.05, 3.63) is 34.4 Å². The summed E-state index contributed by atoms with van der Waals surface area (Å²) in [6, 6.07) is 4.46. The minimum absolute atomic E-state index is 0.00630. The quantitative estimate of drug-likeness (QED) is 0.852. The standard InChI is InChI=1S/C15H23NO/c1-9-5-6-17-15(9)14(16)13-8-11(3)10(2)7-12(13)4/h7-9,14-15H,5-6,16H2,1-4H3. The van der Waals surface area contributed by atoms with Crippen LogP contribution in [0.5, 0.6) is 0 Å². The van der Waals surface area contributed by atoms with Gasteiger partial charge in [0.15, 0.2) is 0 Å². The van der Waals surface area contributed by atoms with Crippen LogP contribution in [0.1, 0.15) is 41.6 Å². The first-order valence-electron chi connectivity index (χ1n) is 6.45. The van der Waals surface area contributed by atoms with Gasteiger partial charge in [0.25, 0.3) is 0 Å². The molecule has 1 aliphatic rings. The highest BCUT2D eigenvalue weighted by atomic mass is 16.5. The summed E-state index contributed by atoms with van der Waals surface area (Å²) >= 11 is 0. The molecule has 1 heterocycles. The third kappa shape index (κ3) is 2.38. The molecule has 0 aliphatic carbocycles. The lowest BCUT2D eigenvalue weighted by molar-refractivity contribution is 0.0723. The van der Waals surface area contributed by atoms with Gasteiger partial charge >= 0.3 is 0 Å². The van der Waals surface area contributed by atoms with Gasteiger partial charge in [0.2, 0.25) is 0 Å². The molecule has 0 amide bonds. The largest absolute Gasteiger partial charge is 0.376 e. The Balaban J connectivity index is 2.30. The molecule has 1 fully saturated rings. The summed E-state index contributed by atoms with van der Waals surface area (Å²) in [5.41, 5.74) is 11.6. The lowest BCUT2D eigenvalue weighted by atomic mass is 9.89. The van der Waals surface area contributed by atoms with E-state index in [1.165, 1.54) is 22.3 Å². The van der Waals surface area contributed by atoms with Gasteiger partial charge in [0.1, 0.15) is 0 Å². The van der Waals surface area contributed by atoms with Crippen molar-refractivity contribution in [2.45, 2.75) is 46.3 Å². The van der Waals surface area contributed by atoms with Gasteiger partial charge < -0.3 is 10.5 Å². The zero-order chi connectivity index (χ0) is 12.6. The van der Waals surface area contributed by atoms with Gasteiger partial charge in [-0.15, -0.1) is 0 Å². The van der Waals surface area contributed by atoms with E-state index in [9.17, 15) is 0 Å². The van der Waals surface area contributed by atoms with E-state index >= 15 is 0 Å². The molecule has 1 aromatic carbocycles. The van der Waals surface area contributed by atoms with Gasteiger partial charge in [-0.2, -0.15) is 0 Å². The fourth-order valence-electron chi connectivity index (χ4n) is 2.70. The number of ether oxygens (including phenoxy) is 1. The highest BCUT2D eigenvalue weighted by Gasteiger charge is 2.31. The second kappa shape index (κ2) is 4.79. The third-order valence-electron chi connectivity index (χ3n) is 4.04. The fraction of sp³-hybridized carbons (Fsp3) is 0.600. The van der Waals surface area contributed by atoms with Gasteiger partial charge in [-0.3, -0.25) is 0 Å². The first-order valence-corrected chi connectivity index (χ1v) is 6.45. The van der Waals surface area contributed by atoms with Crippen molar-refractivity contribution in [3.8, 4) is 0 Å². The topological polar surface area (TPSA) is 35.2 Å². The van der Waals surface area contributed by atoms with Gasteiger partial charge in [-0.25, -0.2) is 0 Å². The molecular formula is C15H23NO. The molecule has 0 radical (unpaired) electrons. The molecule has 0 saturated carbocycles. The highest BCUT2D eigenvalue weighted by Crippen LogP contribution is 2.32. The van der Waals surface area contributed by atoms with Crippen molar-refractivity contribution in [1.82, 2.24) is 0 Å². The summed E-state index contributed by atoms with van der Waals surface area (Å²) in [6.07, 6.45) is 1.30. The van der Waals surface area contributed by atoms with E-state index in [1.54, 1.807) is 0 Å². The van der Waals surface area contributed by atoms with E-state index in [0.29, 0.717) is 5.92 Å². The van der Waals surface area contributed by atoms with Crippen molar-refractivity contribution in [2.75, 3.05) is 6.61 Å². The molecule has 0 aromatic heterocycles. The molecule has 2 nitrogen and oxygen atoms in total. The molecule has 0 spiro atoms. The van der Waals surface area contributed by atoms with Crippen molar-refractivity contribution in [1.29, 1.82) is 0 Å². The number of hydrogen-bond acceptors (Lipinski definition) is 2. The zero-order valence-electron chi connectivity index (χ0n) is 11.3. The second-order valence-electron chi connectivity index (χ2n) is 5.42. The Kier molecular flexibility index (Phi) is 3.55. The molecule has 2 rings (SSSR count). The van der Waals surface area contributed by atoms with E-state index in [1.807, 2.05) is 0 Å². The van der Waals surface area contributed by atoms with Gasteiger partial charge in [0, 0.05) is 6.61 Å². The number of benzene rings is 1. The van der Waals surface area contributed by atoms with E-state index in [2.05, 4.69) is 39.8 Å². The molecule has 94 valence electrons. The van der Waals surface area contributed by atoms with Crippen LogP contribution in [-0.4, -0.2) is 12.7 Å². The molecule has 1 saturated heterocycles. The number of aryl methyl sites for hydroxylation is 3. The van der Waals surface area contributed by atoms with Crippen molar-refractivity contribution >= 4 is 0 Å². The Morgan fingerprint density at radius 1 is 1.18 bits per heavy atom. The lowest BCUT2D eigenvalue weighted by Gasteiger charge is -2.25. The smallest absolute Gasteiger partial charge is 0.0793 e. The van der Waals surface area contributed by atoms with Crippen LogP contribution >= 0.6 is 0 Å². The van der Waals surface area contributed by atoms with E-state index in [-0.39, 0.29) is 12.1 Å². The molecule has 2 N–H and O–H groups in total. The zero-order valence-corrected chi connectivity index (χ0v) is 11.3. The van der Waals surface area contributed by atoms with Crippen LogP contribution in [0.3, 0.4) is 0 Å². The van der Waals surface area contributed by atoms with Crippen LogP contribution in [0, 0.1) is 26.7 Å². The summed E-state index contributed by atoms with van der Waals surface area (Å²) in [7, 11) is 0. The first-order chi connectivity index (χ1) is 8.00. The van der Waals surface area contributed by atoms with E-state index < -0.39 is 0 Å². The summed E-state index contributed by atoms with van der Waals surface area (Å²) in [5, 5.41) is 0. The number of rotatable bonds is 2. The summed E-state index contributed by atoms with van der Waals surface area (Å²) in [5.74, 6) is 0.561. The Morgan fingerprint density at radius 3 is 2.41 bits per heavy atom. The maximum Gasteiger partial charge on any atom is 0.0793 e. The Bertz CT molecular complexity index is 414. The molecule has 1 aromatic rings. The van der Waals surface area contributed by atoms with Gasteiger partial charge in [-0.1, -0.05) is 19.1 Å². The first kappa shape index (κ1) is 12.6. The van der Waals surface area contributed by atoms with Crippen LogP contribution in [0.15, 0.2) is 12.1 Å². The van der Waals surface area contributed by atoms with Crippen molar-refractivity contribution in [2.24, 2.45) is 11.7 Å². The third-order valence-corrected chi connectivity index (χ3v) is 4.04. The van der Waals surface area contributed by atoms with E-state index in [0.717, 1.165) is 13.0 Å². The normalized spacial score (nSPS) is 26.2. The summed E-state index contributed by atoms with van der Waals surface area (Å²) < 4.78 is 5.78. The Labute approximate surface area is 104 Å². The van der Waals surface area contributed by atoms with E-state index in [4.69, 9.17) is 10.5 Å². The molecule has 3 unspecified atom stereocenters. The number of nitrogens with two attached hydrogens (primary N) is 1. The minimum Gasteiger partial charge on any atom is -0.376 e. The maximum absolute atomic E-state index is 6.39. The van der Waals surface area contributed by atoms with Crippen LogP contribution in [0.2, 0.25) is 0 Å². The highest BCUT2D eigenvalue weighted by molar-refractivity contribution is 5.38. The summed E-state index contributed by atoms with van der Waals surface area (Å²) in [6.45, 7) is 9.51. The molecule has 3 atom stereocenters. The predicted molar refractivity (Wildman–Crippen MR) is 71.1 cm³/mol. The summed E-state index contributed by atoms with van der Waals surface area (Å²) in [4.78, 5) is 0. The van der Waals surface area contributed by atoms with Crippen LogP contribution in [0.4, 0.5) is 0 Å². The molecule has 17 heavy (non-hydrogen) atoms. The minimum atomic E-state index is 0.00630. The SMILES string of the molecule is Cc1cc(C)c(C(N)C2OCCC2C)cc1C. The van der Waals surface area contributed by atoms with Crippen molar-refractivity contribution < 1.29 is 4.74 Å². The molecule has 2 heteroatoms. The number of hydrogen-bond donors (Lipinski definition) is 1. The van der Waals surface area contributed by atoms with Crippen LogP contribution in [-0.2, 0) is 4.74 Å². The predicted octanol–water partition coefficient (Wildman–Crippen LogP) is 3.04. The van der Waals surface area contributed by atoms with Crippen LogP contribution in [0.25, 0.3) is 0 Å². The monoisotopic (exact) mass is 233 g/mol. The fourth-order valence-corrected chi connectivity index (χ4v) is 2.70. The van der Waals surface area contributed by atoms with Gasteiger partial charge in [-0.05, 0) is 55.4 Å². The average Bonchev–Trinajstić information content (AvgIpc) is 2.69. The average molecular weight is 233 g/mol. The van der Waals surface area contributed by atoms with Gasteiger partial charge in [0.05, 0.1) is 12.1 Å². The maximum atomic E-state index is 6.39. The van der Waals surface area contributed by atoms with Crippen LogP contribution < -0.4 is 5.73 Å². The van der Waals surface area contributed by atoms with Crippen molar-refractivity contribution in [3.63, 3.8) is 0 Å². The molecular weight excluding hydrogens is 210 g/mol. The second-order valence-corrected chi connectivity index (χ2v) is 5.42. The Morgan fingerprint density at radius 2 is 1.82 bits per heavy atom.